The van der Waals surface area contributed by atoms with E-state index in [0.717, 1.165) is 0 Å². The van der Waals surface area contributed by atoms with Crippen molar-refractivity contribution in [3.8, 4) is 0 Å². The van der Waals surface area contributed by atoms with Gasteiger partial charge in [-0.1, -0.05) is 6.58 Å². The minimum absolute atomic E-state index is 0.139. The summed E-state index contributed by atoms with van der Waals surface area (Å²) in [6, 6.07) is 0. The van der Waals surface area contributed by atoms with E-state index in [-0.39, 0.29) is 5.57 Å². The zero-order valence-corrected chi connectivity index (χ0v) is 9.94. The van der Waals surface area contributed by atoms with Crippen molar-refractivity contribution in [2.45, 2.75) is 24.5 Å². The average molecular weight is 294 g/mol. The molecule has 0 aliphatic carbocycles. The number of hydrogen-bond acceptors (Lipinski definition) is 4. The highest BCUT2D eigenvalue weighted by Gasteiger charge is 2.65. The van der Waals surface area contributed by atoms with Crippen LogP contribution in [0.4, 0.5) is 17.6 Å². The number of carbonyl (C=O) groups excluding carboxylic acids is 1. The molecule has 0 unspecified atom stereocenters. The molecule has 0 heterocycles. The second-order valence-electron chi connectivity index (χ2n) is 3.36. The van der Waals surface area contributed by atoms with Gasteiger partial charge in [0.05, 0.1) is 13.0 Å². The largest absolute Gasteiger partial charge is 0.462 e. The smallest absolute Gasteiger partial charge is 0.431 e. The highest BCUT2D eigenvalue weighted by molar-refractivity contribution is 7.87. The van der Waals surface area contributed by atoms with Gasteiger partial charge in [0.1, 0.15) is 0 Å². The molecule has 0 aromatic rings. The van der Waals surface area contributed by atoms with E-state index in [1.165, 1.54) is 6.92 Å². The molecule has 0 aliphatic rings. The first-order valence-corrected chi connectivity index (χ1v) is 5.82. The molecule has 0 spiro atoms. The van der Waals surface area contributed by atoms with Crippen LogP contribution in [0.15, 0.2) is 12.2 Å². The Balaban J connectivity index is 4.69. The van der Waals surface area contributed by atoms with E-state index in [9.17, 15) is 30.8 Å². The average Bonchev–Trinajstić information content (AvgIpc) is 2.14. The third-order valence-electron chi connectivity index (χ3n) is 1.75. The van der Waals surface area contributed by atoms with Crippen LogP contribution in [0.3, 0.4) is 0 Å². The predicted molar refractivity (Wildman–Crippen MR) is 51.8 cm³/mol. The summed E-state index contributed by atoms with van der Waals surface area (Å²) in [7, 11) is -6.27. The Morgan fingerprint density at radius 2 is 1.78 bits per heavy atom. The Morgan fingerprint density at radius 1 is 1.33 bits per heavy atom. The lowest BCUT2D eigenvalue weighted by Gasteiger charge is -2.23. The Kier molecular flexibility index (Phi) is 4.89. The Hall–Kier alpha value is -1.16. The van der Waals surface area contributed by atoms with Crippen LogP contribution in [0.2, 0.25) is 0 Å². The molecule has 0 rings (SSSR count). The van der Waals surface area contributed by atoms with E-state index < -0.39 is 40.3 Å². The lowest BCUT2D eigenvalue weighted by molar-refractivity contribution is -0.173. The molecule has 0 aliphatic heterocycles. The van der Waals surface area contributed by atoms with Gasteiger partial charge in [-0.15, -0.1) is 0 Å². The maximum Gasteiger partial charge on any atom is 0.431 e. The van der Waals surface area contributed by atoms with Crippen molar-refractivity contribution >= 4 is 16.1 Å². The van der Waals surface area contributed by atoms with E-state index >= 15 is 0 Å². The minimum Gasteiger partial charge on any atom is -0.462 e. The standard InChI is InChI=1S/C8H10F4O5S/c1-5(2)6(13)17-4-3-7(9,10)8(11,12)18(14,15)16/h1,3-4H2,2H3,(H,14,15,16). The lowest BCUT2D eigenvalue weighted by Crippen LogP contribution is -2.47. The molecular formula is C8H10F4O5S. The maximum atomic E-state index is 12.8. The summed E-state index contributed by atoms with van der Waals surface area (Å²) >= 11 is 0. The van der Waals surface area contributed by atoms with Crippen LogP contribution in [-0.4, -0.2) is 36.7 Å². The van der Waals surface area contributed by atoms with Gasteiger partial charge in [-0.3, -0.25) is 4.55 Å². The number of rotatable bonds is 6. The van der Waals surface area contributed by atoms with Gasteiger partial charge in [0, 0.05) is 5.57 Å². The molecule has 0 aromatic heterocycles. The molecule has 0 bridgehead atoms. The van der Waals surface area contributed by atoms with Gasteiger partial charge in [-0.2, -0.15) is 26.0 Å². The lowest BCUT2D eigenvalue weighted by atomic mass is 10.2. The van der Waals surface area contributed by atoms with Crippen LogP contribution in [0.25, 0.3) is 0 Å². The van der Waals surface area contributed by atoms with Crippen molar-refractivity contribution in [3.05, 3.63) is 12.2 Å². The fourth-order valence-electron chi connectivity index (χ4n) is 0.729. The van der Waals surface area contributed by atoms with Crippen molar-refractivity contribution in [3.63, 3.8) is 0 Å². The minimum atomic E-state index is -6.27. The summed E-state index contributed by atoms with van der Waals surface area (Å²) in [5, 5.41) is -5.66. The molecular weight excluding hydrogens is 284 g/mol. The van der Waals surface area contributed by atoms with Crippen molar-refractivity contribution in [1.29, 1.82) is 0 Å². The first kappa shape index (κ1) is 16.8. The second-order valence-corrected chi connectivity index (χ2v) is 4.83. The SMILES string of the molecule is C=C(C)C(=O)OCCC(F)(F)C(F)(F)S(=O)(=O)O. The second kappa shape index (κ2) is 5.22. The molecule has 0 fully saturated rings. The fraction of sp³-hybridized carbons (Fsp3) is 0.625. The van der Waals surface area contributed by atoms with Gasteiger partial charge in [0.25, 0.3) is 0 Å². The topological polar surface area (TPSA) is 80.7 Å². The third kappa shape index (κ3) is 3.67. The summed E-state index contributed by atoms with van der Waals surface area (Å²) in [6.45, 7) is 3.16. The van der Waals surface area contributed by atoms with Gasteiger partial charge < -0.3 is 4.74 Å². The molecule has 106 valence electrons. The van der Waals surface area contributed by atoms with Crippen LogP contribution in [-0.2, 0) is 19.6 Å². The van der Waals surface area contributed by atoms with Crippen LogP contribution in [0, 0.1) is 0 Å². The molecule has 0 atom stereocenters. The van der Waals surface area contributed by atoms with Gasteiger partial charge in [0.2, 0.25) is 0 Å². The van der Waals surface area contributed by atoms with E-state index in [1.54, 1.807) is 0 Å². The molecule has 1 N–H and O–H groups in total. The van der Waals surface area contributed by atoms with Gasteiger partial charge in [-0.05, 0) is 6.92 Å². The predicted octanol–water partition coefficient (Wildman–Crippen LogP) is 1.61. The first-order chi connectivity index (χ1) is 7.83. The van der Waals surface area contributed by atoms with Gasteiger partial charge in [-0.25, -0.2) is 4.79 Å². The molecule has 0 aromatic carbocycles. The molecule has 0 saturated carbocycles. The molecule has 0 radical (unpaired) electrons. The number of ether oxygens (including phenoxy) is 1. The summed E-state index contributed by atoms with van der Waals surface area (Å²) < 4.78 is 83.3. The fourth-order valence-corrected chi connectivity index (χ4v) is 1.21. The number of halogens is 4. The van der Waals surface area contributed by atoms with Gasteiger partial charge >= 0.3 is 27.3 Å². The zero-order chi connectivity index (χ0) is 14.8. The van der Waals surface area contributed by atoms with Crippen LogP contribution in [0.1, 0.15) is 13.3 Å². The van der Waals surface area contributed by atoms with Crippen molar-refractivity contribution < 1.29 is 40.1 Å². The van der Waals surface area contributed by atoms with E-state index in [2.05, 4.69) is 11.3 Å². The van der Waals surface area contributed by atoms with Crippen LogP contribution < -0.4 is 0 Å². The zero-order valence-electron chi connectivity index (χ0n) is 9.12. The molecule has 18 heavy (non-hydrogen) atoms. The molecule has 10 heteroatoms. The van der Waals surface area contributed by atoms with E-state index in [0.29, 0.717) is 0 Å². The number of esters is 1. The highest BCUT2D eigenvalue weighted by Crippen LogP contribution is 2.40. The number of carbonyl (C=O) groups is 1. The first-order valence-electron chi connectivity index (χ1n) is 4.38. The Morgan fingerprint density at radius 3 is 2.11 bits per heavy atom. The van der Waals surface area contributed by atoms with Gasteiger partial charge in [0.15, 0.2) is 0 Å². The summed E-state index contributed by atoms with van der Waals surface area (Å²) in [5.41, 5.74) is -0.139. The van der Waals surface area contributed by atoms with Crippen molar-refractivity contribution in [2.75, 3.05) is 6.61 Å². The van der Waals surface area contributed by atoms with Crippen LogP contribution in [0.5, 0.6) is 0 Å². The number of hydrogen-bond donors (Lipinski definition) is 1. The quantitative estimate of drug-likeness (QED) is 0.348. The molecule has 0 saturated heterocycles. The monoisotopic (exact) mass is 294 g/mol. The molecule has 0 amide bonds. The van der Waals surface area contributed by atoms with E-state index in [4.69, 9.17) is 4.55 Å². The Labute approximate surface area is 100 Å². The normalized spacial score (nSPS) is 13.2. The van der Waals surface area contributed by atoms with Crippen LogP contribution >= 0.6 is 0 Å². The third-order valence-corrected chi connectivity index (χ3v) is 2.69. The highest BCUT2D eigenvalue weighted by atomic mass is 32.2. The number of alkyl halides is 4. The summed E-state index contributed by atoms with van der Waals surface area (Å²) in [4.78, 5) is 10.8. The van der Waals surface area contributed by atoms with Crippen molar-refractivity contribution in [2.24, 2.45) is 0 Å². The summed E-state index contributed by atoms with van der Waals surface area (Å²) in [5.74, 6) is -6.16. The summed E-state index contributed by atoms with van der Waals surface area (Å²) in [6.07, 6.45) is -1.77. The van der Waals surface area contributed by atoms with Crippen molar-refractivity contribution in [1.82, 2.24) is 0 Å². The van der Waals surface area contributed by atoms with E-state index in [1.807, 2.05) is 0 Å². The Bertz CT molecular complexity index is 442. The molecule has 5 nitrogen and oxygen atoms in total. The maximum absolute atomic E-state index is 12.8.